The first kappa shape index (κ1) is 19.0. The molecular formula is C21H30N2O3. The van der Waals surface area contributed by atoms with Crippen LogP contribution in [0.25, 0.3) is 0 Å². The standard InChI is InChI=1S/C21H30N2O3/c1-17-8-9-21(26-17)20(23-10-3-4-11-23)16-22-15-18-6-5-7-19(14-18)25-13-12-24-2/h5-9,14,20,22H,3-4,10-13,15-16H2,1-2H3. The van der Waals surface area contributed by atoms with Crippen molar-refractivity contribution in [2.75, 3.05) is 40.0 Å². The van der Waals surface area contributed by atoms with Crippen molar-refractivity contribution < 1.29 is 13.9 Å². The molecule has 0 spiro atoms. The number of rotatable bonds is 10. The zero-order valence-electron chi connectivity index (χ0n) is 15.9. The normalized spacial score (nSPS) is 16.1. The van der Waals surface area contributed by atoms with Gasteiger partial charge in [-0.2, -0.15) is 0 Å². The lowest BCUT2D eigenvalue weighted by atomic mass is 10.1. The number of hydrogen-bond donors (Lipinski definition) is 1. The van der Waals surface area contributed by atoms with Gasteiger partial charge in [0, 0.05) is 20.2 Å². The van der Waals surface area contributed by atoms with Gasteiger partial charge >= 0.3 is 0 Å². The number of likely N-dealkylation sites (tertiary alicyclic amines) is 1. The number of nitrogens with zero attached hydrogens (tertiary/aromatic N) is 1. The van der Waals surface area contributed by atoms with Gasteiger partial charge in [-0.15, -0.1) is 0 Å². The Labute approximate surface area is 156 Å². The Morgan fingerprint density at radius 1 is 1.15 bits per heavy atom. The van der Waals surface area contributed by atoms with Crippen molar-refractivity contribution in [1.82, 2.24) is 10.2 Å². The molecule has 0 saturated carbocycles. The summed E-state index contributed by atoms with van der Waals surface area (Å²) in [7, 11) is 1.68. The van der Waals surface area contributed by atoms with Crippen molar-refractivity contribution in [3.8, 4) is 5.75 Å². The minimum absolute atomic E-state index is 0.298. The summed E-state index contributed by atoms with van der Waals surface area (Å²) in [6.07, 6.45) is 2.55. The minimum atomic E-state index is 0.298. The van der Waals surface area contributed by atoms with E-state index in [4.69, 9.17) is 13.9 Å². The number of ether oxygens (including phenoxy) is 2. The summed E-state index contributed by atoms with van der Waals surface area (Å²) in [6, 6.07) is 12.7. The molecule has 5 nitrogen and oxygen atoms in total. The molecule has 1 aliphatic rings. The van der Waals surface area contributed by atoms with Crippen molar-refractivity contribution in [1.29, 1.82) is 0 Å². The molecule has 1 N–H and O–H groups in total. The Morgan fingerprint density at radius 2 is 2.00 bits per heavy atom. The maximum absolute atomic E-state index is 5.92. The van der Waals surface area contributed by atoms with Crippen LogP contribution >= 0.6 is 0 Å². The molecule has 26 heavy (non-hydrogen) atoms. The van der Waals surface area contributed by atoms with E-state index in [1.54, 1.807) is 7.11 Å². The first-order valence-corrected chi connectivity index (χ1v) is 9.48. The average molecular weight is 358 g/mol. The minimum Gasteiger partial charge on any atom is -0.491 e. The largest absolute Gasteiger partial charge is 0.491 e. The van der Waals surface area contributed by atoms with E-state index in [0.29, 0.717) is 19.3 Å². The predicted octanol–water partition coefficient (Wildman–Crippen LogP) is 3.54. The van der Waals surface area contributed by atoms with Crippen LogP contribution < -0.4 is 10.1 Å². The zero-order valence-corrected chi connectivity index (χ0v) is 15.9. The van der Waals surface area contributed by atoms with Crippen LogP contribution in [0.1, 0.15) is 36.0 Å². The number of methoxy groups -OCH3 is 1. The Hall–Kier alpha value is -1.82. The van der Waals surface area contributed by atoms with E-state index in [2.05, 4.69) is 34.5 Å². The van der Waals surface area contributed by atoms with E-state index < -0.39 is 0 Å². The molecule has 1 aliphatic heterocycles. The number of nitrogens with one attached hydrogen (secondary N) is 1. The lowest BCUT2D eigenvalue weighted by Crippen LogP contribution is -2.33. The lowest BCUT2D eigenvalue weighted by Gasteiger charge is -2.26. The summed E-state index contributed by atoms with van der Waals surface area (Å²) in [5.41, 5.74) is 1.22. The lowest BCUT2D eigenvalue weighted by molar-refractivity contribution is 0.146. The van der Waals surface area contributed by atoms with E-state index >= 15 is 0 Å². The SMILES string of the molecule is COCCOc1cccc(CNCC(c2ccc(C)o2)N2CCCC2)c1. The molecule has 1 aromatic heterocycles. The highest BCUT2D eigenvalue weighted by molar-refractivity contribution is 5.28. The fourth-order valence-corrected chi connectivity index (χ4v) is 3.44. The number of furan rings is 1. The van der Waals surface area contributed by atoms with Gasteiger partial charge in [-0.3, -0.25) is 4.90 Å². The Balaban J connectivity index is 1.55. The Morgan fingerprint density at radius 3 is 2.73 bits per heavy atom. The highest BCUT2D eigenvalue weighted by atomic mass is 16.5. The smallest absolute Gasteiger partial charge is 0.122 e. The van der Waals surface area contributed by atoms with Gasteiger partial charge in [0.15, 0.2) is 0 Å². The monoisotopic (exact) mass is 358 g/mol. The van der Waals surface area contributed by atoms with Crippen LogP contribution in [0.15, 0.2) is 40.8 Å². The molecule has 5 heteroatoms. The fraction of sp³-hybridized carbons (Fsp3) is 0.524. The molecule has 0 bridgehead atoms. The summed E-state index contributed by atoms with van der Waals surface area (Å²) in [5.74, 6) is 2.93. The van der Waals surface area contributed by atoms with Crippen molar-refractivity contribution in [2.45, 2.75) is 32.4 Å². The van der Waals surface area contributed by atoms with Crippen molar-refractivity contribution in [2.24, 2.45) is 0 Å². The number of aryl methyl sites for hydroxylation is 1. The highest BCUT2D eigenvalue weighted by Gasteiger charge is 2.25. The van der Waals surface area contributed by atoms with Crippen LogP contribution in [-0.4, -0.2) is 44.9 Å². The van der Waals surface area contributed by atoms with Crippen LogP contribution in [0.3, 0.4) is 0 Å². The molecule has 2 aromatic rings. The zero-order chi connectivity index (χ0) is 18.2. The second-order valence-electron chi connectivity index (χ2n) is 6.83. The summed E-state index contributed by atoms with van der Waals surface area (Å²) in [4.78, 5) is 2.52. The van der Waals surface area contributed by atoms with Gasteiger partial charge in [0.1, 0.15) is 23.9 Å². The van der Waals surface area contributed by atoms with Gasteiger partial charge in [-0.05, 0) is 62.7 Å². The predicted molar refractivity (Wildman–Crippen MR) is 103 cm³/mol. The maximum atomic E-state index is 5.92. The molecule has 1 unspecified atom stereocenters. The van der Waals surface area contributed by atoms with Crippen LogP contribution in [0.2, 0.25) is 0 Å². The van der Waals surface area contributed by atoms with Gasteiger partial charge in [0.2, 0.25) is 0 Å². The molecule has 142 valence electrons. The van der Waals surface area contributed by atoms with Gasteiger partial charge < -0.3 is 19.2 Å². The van der Waals surface area contributed by atoms with E-state index in [0.717, 1.165) is 43.4 Å². The van der Waals surface area contributed by atoms with E-state index in [9.17, 15) is 0 Å². The summed E-state index contributed by atoms with van der Waals surface area (Å²) < 4.78 is 16.6. The average Bonchev–Trinajstić information content (AvgIpc) is 3.31. The van der Waals surface area contributed by atoms with Crippen molar-refractivity contribution >= 4 is 0 Å². The molecule has 0 radical (unpaired) electrons. The second kappa shape index (κ2) is 9.76. The molecule has 1 saturated heterocycles. The highest BCUT2D eigenvalue weighted by Crippen LogP contribution is 2.26. The van der Waals surface area contributed by atoms with Gasteiger partial charge in [0.05, 0.1) is 12.6 Å². The molecule has 3 rings (SSSR count). The van der Waals surface area contributed by atoms with Crippen LogP contribution in [0.5, 0.6) is 5.75 Å². The van der Waals surface area contributed by atoms with Crippen molar-refractivity contribution in [3.63, 3.8) is 0 Å². The molecule has 0 amide bonds. The first-order valence-electron chi connectivity index (χ1n) is 9.48. The third kappa shape index (κ3) is 5.34. The van der Waals surface area contributed by atoms with Crippen LogP contribution in [0.4, 0.5) is 0 Å². The molecule has 1 fully saturated rings. The Bertz CT molecular complexity index is 665. The Kier molecular flexibility index (Phi) is 7.12. The van der Waals surface area contributed by atoms with E-state index in [1.165, 1.54) is 18.4 Å². The summed E-state index contributed by atoms with van der Waals surface area (Å²) >= 11 is 0. The topological polar surface area (TPSA) is 46.9 Å². The molecular weight excluding hydrogens is 328 g/mol. The maximum Gasteiger partial charge on any atom is 0.122 e. The van der Waals surface area contributed by atoms with Gasteiger partial charge in [0.25, 0.3) is 0 Å². The van der Waals surface area contributed by atoms with Crippen LogP contribution in [-0.2, 0) is 11.3 Å². The third-order valence-electron chi connectivity index (χ3n) is 4.79. The number of benzene rings is 1. The van der Waals surface area contributed by atoms with Crippen molar-refractivity contribution in [3.05, 3.63) is 53.5 Å². The summed E-state index contributed by atoms with van der Waals surface area (Å²) in [6.45, 7) is 7.16. The van der Waals surface area contributed by atoms with Gasteiger partial charge in [-0.25, -0.2) is 0 Å². The quantitative estimate of drug-likeness (QED) is 0.658. The number of hydrogen-bond acceptors (Lipinski definition) is 5. The molecule has 1 aromatic carbocycles. The second-order valence-corrected chi connectivity index (χ2v) is 6.83. The molecule has 2 heterocycles. The van der Waals surface area contributed by atoms with E-state index in [1.807, 2.05) is 19.1 Å². The summed E-state index contributed by atoms with van der Waals surface area (Å²) in [5, 5.41) is 3.60. The first-order chi connectivity index (χ1) is 12.8. The van der Waals surface area contributed by atoms with E-state index in [-0.39, 0.29) is 0 Å². The fourth-order valence-electron chi connectivity index (χ4n) is 3.44. The van der Waals surface area contributed by atoms with Crippen LogP contribution in [0, 0.1) is 6.92 Å². The van der Waals surface area contributed by atoms with Gasteiger partial charge in [-0.1, -0.05) is 12.1 Å². The molecule has 1 atom stereocenters. The third-order valence-corrected chi connectivity index (χ3v) is 4.79. The molecule has 0 aliphatic carbocycles.